The van der Waals surface area contributed by atoms with E-state index in [1.807, 2.05) is 6.92 Å². The van der Waals surface area contributed by atoms with Gasteiger partial charge in [0.25, 0.3) is 5.91 Å². The van der Waals surface area contributed by atoms with Crippen molar-refractivity contribution in [3.63, 3.8) is 0 Å². The molecule has 0 spiro atoms. The van der Waals surface area contributed by atoms with Crippen molar-refractivity contribution in [1.29, 1.82) is 0 Å². The van der Waals surface area contributed by atoms with E-state index in [0.29, 0.717) is 30.9 Å². The zero-order valence-corrected chi connectivity index (χ0v) is 15.1. The average molecular weight is 362 g/mol. The van der Waals surface area contributed by atoms with E-state index >= 15 is 0 Å². The third kappa shape index (κ3) is 5.29. The van der Waals surface area contributed by atoms with E-state index in [1.54, 1.807) is 24.3 Å². The third-order valence-corrected chi connectivity index (χ3v) is 4.36. The average Bonchev–Trinajstić information content (AvgIpc) is 2.64. The van der Waals surface area contributed by atoms with Crippen LogP contribution in [0, 0.1) is 0 Å². The summed E-state index contributed by atoms with van der Waals surface area (Å²) in [5.41, 5.74) is 0.476. The quantitative estimate of drug-likeness (QED) is 0.513. The topological polar surface area (TPSA) is 95.9 Å². The zero-order valence-electron chi connectivity index (χ0n) is 15.1. The Morgan fingerprint density at radius 3 is 2.58 bits per heavy atom. The molecule has 7 nitrogen and oxygen atoms in total. The number of unbranched alkanes of at least 4 members (excludes halogenated alkanes) is 2. The first kappa shape index (κ1) is 19.9. The molecule has 0 radical (unpaired) electrons. The van der Waals surface area contributed by atoms with Gasteiger partial charge in [-0.1, -0.05) is 0 Å². The van der Waals surface area contributed by atoms with E-state index in [-0.39, 0.29) is 24.8 Å². The molecule has 1 heterocycles. The van der Waals surface area contributed by atoms with Crippen LogP contribution < -0.4 is 10.1 Å². The first-order valence-corrected chi connectivity index (χ1v) is 9.05. The monoisotopic (exact) mass is 362 g/mol. The van der Waals surface area contributed by atoms with Crippen LogP contribution in [0.3, 0.4) is 0 Å². The first-order valence-electron chi connectivity index (χ1n) is 9.05. The Hall–Kier alpha value is -2.41. The Bertz CT molecular complexity index is 629. The Kier molecular flexibility index (Phi) is 7.59. The number of carbonyl (C=O) groups is 3. The maximum atomic E-state index is 12.7. The number of amides is 3. The van der Waals surface area contributed by atoms with E-state index in [1.165, 1.54) is 4.90 Å². The number of likely N-dealkylation sites (N-methyl/N-ethyl adjacent to an activating group) is 1. The second kappa shape index (κ2) is 9.91. The van der Waals surface area contributed by atoms with Crippen molar-refractivity contribution in [2.45, 2.75) is 45.1 Å². The molecule has 0 aromatic heterocycles. The predicted molar refractivity (Wildman–Crippen MR) is 95.8 cm³/mol. The van der Waals surface area contributed by atoms with Gasteiger partial charge >= 0.3 is 0 Å². The van der Waals surface area contributed by atoms with Crippen LogP contribution in [0.2, 0.25) is 0 Å². The van der Waals surface area contributed by atoms with Crippen LogP contribution in [-0.2, 0) is 9.59 Å². The summed E-state index contributed by atoms with van der Waals surface area (Å²) in [5, 5.41) is 11.0. The highest BCUT2D eigenvalue weighted by molar-refractivity contribution is 6.03. The lowest BCUT2D eigenvalue weighted by Gasteiger charge is -2.32. The number of piperidine rings is 1. The van der Waals surface area contributed by atoms with Gasteiger partial charge in [-0.2, -0.15) is 0 Å². The molecule has 1 aliphatic heterocycles. The molecule has 26 heavy (non-hydrogen) atoms. The Labute approximate surface area is 153 Å². The van der Waals surface area contributed by atoms with Crippen LogP contribution in [0.5, 0.6) is 5.75 Å². The zero-order chi connectivity index (χ0) is 18.9. The first-order chi connectivity index (χ1) is 12.6. The number of nitrogens with zero attached hydrogens (tertiary/aromatic N) is 1. The normalized spacial score (nSPS) is 16.9. The van der Waals surface area contributed by atoms with Gasteiger partial charge in [0, 0.05) is 25.1 Å². The summed E-state index contributed by atoms with van der Waals surface area (Å²) in [5.74, 6) is -0.277. The lowest BCUT2D eigenvalue weighted by Crippen LogP contribution is -2.54. The van der Waals surface area contributed by atoms with Crippen molar-refractivity contribution in [2.24, 2.45) is 0 Å². The largest absolute Gasteiger partial charge is 0.494 e. The van der Waals surface area contributed by atoms with Gasteiger partial charge in [0.05, 0.1) is 6.61 Å². The van der Waals surface area contributed by atoms with Gasteiger partial charge in [-0.25, -0.2) is 0 Å². The minimum Gasteiger partial charge on any atom is -0.494 e. The van der Waals surface area contributed by atoms with Crippen molar-refractivity contribution in [2.75, 3.05) is 19.8 Å². The molecule has 1 atom stereocenters. The summed E-state index contributed by atoms with van der Waals surface area (Å²) in [4.78, 5) is 37.6. The van der Waals surface area contributed by atoms with Gasteiger partial charge in [-0.05, 0) is 56.9 Å². The molecule has 1 aromatic rings. The maximum absolute atomic E-state index is 12.7. The van der Waals surface area contributed by atoms with E-state index in [9.17, 15) is 14.4 Å². The van der Waals surface area contributed by atoms with Crippen LogP contribution in [0.15, 0.2) is 24.3 Å². The molecule has 0 saturated carbocycles. The van der Waals surface area contributed by atoms with Gasteiger partial charge in [-0.3, -0.25) is 19.7 Å². The molecule has 1 aliphatic rings. The molecule has 0 aliphatic carbocycles. The highest BCUT2D eigenvalue weighted by Crippen LogP contribution is 2.18. The summed E-state index contributed by atoms with van der Waals surface area (Å²) >= 11 is 0. The van der Waals surface area contributed by atoms with Crippen molar-refractivity contribution in [1.82, 2.24) is 10.2 Å². The second-order valence-corrected chi connectivity index (χ2v) is 6.22. The smallest absolute Gasteiger partial charge is 0.254 e. The number of imide groups is 1. The van der Waals surface area contributed by atoms with Gasteiger partial charge < -0.3 is 14.7 Å². The fourth-order valence-electron chi connectivity index (χ4n) is 2.93. The molecule has 1 saturated heterocycles. The number of benzene rings is 1. The molecule has 1 aromatic carbocycles. The van der Waals surface area contributed by atoms with E-state index in [4.69, 9.17) is 9.84 Å². The lowest BCUT2D eigenvalue weighted by molar-refractivity contribution is -0.136. The maximum Gasteiger partial charge on any atom is 0.254 e. The number of aliphatic hydroxyl groups is 1. The summed E-state index contributed by atoms with van der Waals surface area (Å²) in [7, 11) is 0. The molecule has 0 bridgehead atoms. The van der Waals surface area contributed by atoms with Crippen LogP contribution in [0.25, 0.3) is 0 Å². The number of ether oxygens (including phenoxy) is 1. The van der Waals surface area contributed by atoms with E-state index in [0.717, 1.165) is 19.3 Å². The van der Waals surface area contributed by atoms with Crippen LogP contribution in [-0.4, -0.2) is 53.5 Å². The minimum absolute atomic E-state index is 0.192. The highest BCUT2D eigenvalue weighted by Gasteiger charge is 2.33. The predicted octanol–water partition coefficient (Wildman–Crippen LogP) is 1.50. The van der Waals surface area contributed by atoms with Crippen LogP contribution >= 0.6 is 0 Å². The minimum atomic E-state index is -0.618. The summed E-state index contributed by atoms with van der Waals surface area (Å²) < 4.78 is 5.61. The summed E-state index contributed by atoms with van der Waals surface area (Å²) in [6.07, 6.45) is 3.12. The molecule has 2 N–H and O–H groups in total. The molecule has 1 fully saturated rings. The van der Waals surface area contributed by atoms with E-state index < -0.39 is 11.9 Å². The number of aliphatic hydroxyl groups excluding tert-OH is 1. The molecule has 3 amide bonds. The second-order valence-electron chi connectivity index (χ2n) is 6.22. The number of nitrogens with one attached hydrogen (secondary N) is 1. The van der Waals surface area contributed by atoms with Crippen molar-refractivity contribution < 1.29 is 24.2 Å². The fourth-order valence-corrected chi connectivity index (χ4v) is 2.93. The van der Waals surface area contributed by atoms with Crippen molar-refractivity contribution >= 4 is 17.7 Å². The van der Waals surface area contributed by atoms with Gasteiger partial charge in [-0.15, -0.1) is 0 Å². The Morgan fingerprint density at radius 1 is 1.23 bits per heavy atom. The van der Waals surface area contributed by atoms with E-state index in [2.05, 4.69) is 5.32 Å². The van der Waals surface area contributed by atoms with Gasteiger partial charge in [0.2, 0.25) is 11.8 Å². The van der Waals surface area contributed by atoms with Crippen LogP contribution in [0.4, 0.5) is 0 Å². The Morgan fingerprint density at radius 2 is 1.96 bits per heavy atom. The van der Waals surface area contributed by atoms with Gasteiger partial charge in [0.15, 0.2) is 0 Å². The highest BCUT2D eigenvalue weighted by atomic mass is 16.5. The number of carbonyl (C=O) groups excluding carboxylic acids is 3. The van der Waals surface area contributed by atoms with Gasteiger partial charge in [0.1, 0.15) is 11.8 Å². The number of hydrogen-bond donors (Lipinski definition) is 2. The van der Waals surface area contributed by atoms with Crippen molar-refractivity contribution in [3.05, 3.63) is 29.8 Å². The summed E-state index contributed by atoms with van der Waals surface area (Å²) in [6, 6.07) is 6.21. The molecule has 2 rings (SSSR count). The molecule has 1 unspecified atom stereocenters. The van der Waals surface area contributed by atoms with Crippen LogP contribution in [0.1, 0.15) is 49.4 Å². The Balaban J connectivity index is 1.95. The summed E-state index contributed by atoms with van der Waals surface area (Å²) in [6.45, 7) is 2.95. The SMILES string of the molecule is CCN(C(=O)c1ccc(OCCCCCO)cc1)C1CCC(=O)NC1=O. The molecule has 7 heteroatoms. The molecule has 142 valence electrons. The molecular formula is C19H26N2O5. The molecular weight excluding hydrogens is 336 g/mol. The number of hydrogen-bond acceptors (Lipinski definition) is 5. The standard InChI is InChI=1S/C19H26N2O5/c1-2-21(16-10-11-17(23)20-18(16)24)19(25)14-6-8-15(9-7-14)26-13-5-3-4-12-22/h6-9,16,22H,2-5,10-13H2,1H3,(H,20,23,24). The van der Waals surface area contributed by atoms with Crippen molar-refractivity contribution in [3.8, 4) is 5.75 Å². The fraction of sp³-hybridized carbons (Fsp3) is 0.526. The lowest BCUT2D eigenvalue weighted by atomic mass is 10.0. The number of rotatable bonds is 9. The third-order valence-electron chi connectivity index (χ3n) is 4.36.